The lowest BCUT2D eigenvalue weighted by molar-refractivity contribution is -0.258. The molecule has 8 heavy (non-hydrogen) atoms. The van der Waals surface area contributed by atoms with Gasteiger partial charge in [0.05, 0.1) is 0 Å². The van der Waals surface area contributed by atoms with E-state index in [-0.39, 0.29) is 5.41 Å². The van der Waals surface area contributed by atoms with E-state index in [9.17, 15) is 0 Å². The first-order valence-corrected chi connectivity index (χ1v) is 2.86. The van der Waals surface area contributed by atoms with E-state index >= 15 is 0 Å². The van der Waals surface area contributed by atoms with Crippen molar-refractivity contribution >= 4 is 0 Å². The van der Waals surface area contributed by atoms with Crippen LogP contribution in [0.4, 0.5) is 0 Å². The fourth-order valence-electron chi connectivity index (χ4n) is 1.48. The van der Waals surface area contributed by atoms with Crippen LogP contribution in [0.1, 0.15) is 26.7 Å². The Morgan fingerprint density at radius 3 is 1.50 bits per heavy atom. The van der Waals surface area contributed by atoms with Crippen LogP contribution >= 0.6 is 0 Å². The van der Waals surface area contributed by atoms with Gasteiger partial charge >= 0.3 is 0 Å². The van der Waals surface area contributed by atoms with Crippen LogP contribution in [0.15, 0.2) is 0 Å². The molecule has 0 amide bonds. The molecule has 1 aliphatic carbocycles. The molecule has 0 unspecified atom stereocenters. The molecule has 0 aromatic heterocycles. The lowest BCUT2D eigenvalue weighted by atomic mass is 9.67. The van der Waals surface area contributed by atoms with E-state index in [0.29, 0.717) is 12.8 Å². The molecular weight excluding hydrogens is 104 g/mol. The summed E-state index contributed by atoms with van der Waals surface area (Å²) in [5.41, 5.74) is 0.156. The predicted octanol–water partition coefficient (Wildman–Crippen LogP) is 0.487. The SMILES string of the molecule is CC1(C)CC(O)(O)C1. The van der Waals surface area contributed by atoms with Crippen LogP contribution in [-0.2, 0) is 0 Å². The lowest BCUT2D eigenvalue weighted by Crippen LogP contribution is -2.48. The fourth-order valence-corrected chi connectivity index (χ4v) is 1.48. The Balaban J connectivity index is 2.42. The third kappa shape index (κ3) is 1.01. The Kier molecular flexibility index (Phi) is 0.946. The number of aliphatic hydroxyl groups is 2. The van der Waals surface area contributed by atoms with Crippen LogP contribution in [0.25, 0.3) is 0 Å². The highest BCUT2D eigenvalue weighted by molar-refractivity contribution is 4.91. The highest BCUT2D eigenvalue weighted by Crippen LogP contribution is 2.45. The fraction of sp³-hybridized carbons (Fsp3) is 1.00. The Hall–Kier alpha value is -0.0800. The molecular formula is C6H12O2. The van der Waals surface area contributed by atoms with Gasteiger partial charge in [0.15, 0.2) is 5.79 Å². The molecule has 1 rings (SSSR count). The van der Waals surface area contributed by atoms with E-state index in [0.717, 1.165) is 0 Å². The van der Waals surface area contributed by atoms with Crippen LogP contribution in [0.3, 0.4) is 0 Å². The van der Waals surface area contributed by atoms with Crippen molar-refractivity contribution in [1.29, 1.82) is 0 Å². The van der Waals surface area contributed by atoms with Gasteiger partial charge in [0.1, 0.15) is 0 Å². The summed E-state index contributed by atoms with van der Waals surface area (Å²) in [6.45, 7) is 4.05. The average Bonchev–Trinajstić information content (AvgIpc) is 1.20. The second-order valence-corrected chi connectivity index (χ2v) is 3.50. The van der Waals surface area contributed by atoms with Gasteiger partial charge in [0.25, 0.3) is 0 Å². The Labute approximate surface area is 49.1 Å². The van der Waals surface area contributed by atoms with Gasteiger partial charge in [-0.3, -0.25) is 0 Å². The minimum Gasteiger partial charge on any atom is -0.366 e. The normalized spacial score (nSPS) is 31.5. The second-order valence-electron chi connectivity index (χ2n) is 3.50. The molecule has 0 aliphatic heterocycles. The Bertz CT molecular complexity index is 83.1. The van der Waals surface area contributed by atoms with Crippen molar-refractivity contribution in [3.05, 3.63) is 0 Å². The molecule has 1 saturated carbocycles. The van der Waals surface area contributed by atoms with E-state index < -0.39 is 5.79 Å². The number of hydrogen-bond donors (Lipinski definition) is 2. The molecule has 0 aromatic carbocycles. The quantitative estimate of drug-likeness (QED) is 0.452. The van der Waals surface area contributed by atoms with Gasteiger partial charge in [-0.25, -0.2) is 0 Å². The van der Waals surface area contributed by atoms with Gasteiger partial charge in [-0.2, -0.15) is 0 Å². The maximum absolute atomic E-state index is 8.80. The van der Waals surface area contributed by atoms with E-state index in [4.69, 9.17) is 10.2 Å². The first-order valence-electron chi connectivity index (χ1n) is 2.86. The number of hydrogen-bond acceptors (Lipinski definition) is 2. The molecule has 48 valence electrons. The van der Waals surface area contributed by atoms with E-state index in [1.54, 1.807) is 0 Å². The van der Waals surface area contributed by atoms with E-state index in [1.165, 1.54) is 0 Å². The Morgan fingerprint density at radius 1 is 1.12 bits per heavy atom. The van der Waals surface area contributed by atoms with Crippen LogP contribution in [0.5, 0.6) is 0 Å². The average molecular weight is 116 g/mol. The highest BCUT2D eigenvalue weighted by Gasteiger charge is 2.46. The molecule has 1 aliphatic rings. The van der Waals surface area contributed by atoms with E-state index in [2.05, 4.69) is 0 Å². The van der Waals surface area contributed by atoms with Crippen LogP contribution in [-0.4, -0.2) is 16.0 Å². The molecule has 0 bridgehead atoms. The van der Waals surface area contributed by atoms with Gasteiger partial charge < -0.3 is 10.2 Å². The molecule has 0 radical (unpaired) electrons. The third-order valence-electron chi connectivity index (χ3n) is 1.52. The zero-order chi connectivity index (χ0) is 6.41. The first kappa shape index (κ1) is 6.05. The third-order valence-corrected chi connectivity index (χ3v) is 1.52. The maximum Gasteiger partial charge on any atom is 0.163 e. The minimum atomic E-state index is -1.34. The minimum absolute atomic E-state index is 0.156. The van der Waals surface area contributed by atoms with Crippen molar-refractivity contribution in [2.75, 3.05) is 0 Å². The van der Waals surface area contributed by atoms with Gasteiger partial charge in [0.2, 0.25) is 0 Å². The van der Waals surface area contributed by atoms with Crippen molar-refractivity contribution in [3.8, 4) is 0 Å². The van der Waals surface area contributed by atoms with E-state index in [1.807, 2.05) is 13.8 Å². The van der Waals surface area contributed by atoms with Gasteiger partial charge in [-0.15, -0.1) is 0 Å². The molecule has 2 nitrogen and oxygen atoms in total. The molecule has 1 fully saturated rings. The molecule has 0 aromatic rings. The van der Waals surface area contributed by atoms with Crippen molar-refractivity contribution in [2.45, 2.75) is 32.5 Å². The summed E-state index contributed by atoms with van der Waals surface area (Å²) in [6.07, 6.45) is 1.03. The summed E-state index contributed by atoms with van der Waals surface area (Å²) in [4.78, 5) is 0. The van der Waals surface area contributed by atoms with Crippen LogP contribution < -0.4 is 0 Å². The van der Waals surface area contributed by atoms with Gasteiger partial charge in [-0.1, -0.05) is 13.8 Å². The molecule has 0 atom stereocenters. The largest absolute Gasteiger partial charge is 0.366 e. The molecule has 0 saturated heterocycles. The van der Waals surface area contributed by atoms with Crippen molar-refractivity contribution in [2.24, 2.45) is 5.41 Å². The molecule has 0 heterocycles. The standard InChI is InChI=1S/C6H12O2/c1-5(2)3-6(7,8)4-5/h7-8H,3-4H2,1-2H3. The summed E-state index contributed by atoms with van der Waals surface area (Å²) < 4.78 is 0. The monoisotopic (exact) mass is 116 g/mol. The summed E-state index contributed by atoms with van der Waals surface area (Å²) in [5, 5.41) is 17.6. The smallest absolute Gasteiger partial charge is 0.163 e. The summed E-state index contributed by atoms with van der Waals surface area (Å²) in [6, 6.07) is 0. The maximum atomic E-state index is 8.80. The van der Waals surface area contributed by atoms with Crippen LogP contribution in [0.2, 0.25) is 0 Å². The number of rotatable bonds is 0. The van der Waals surface area contributed by atoms with Crippen molar-refractivity contribution in [3.63, 3.8) is 0 Å². The zero-order valence-electron chi connectivity index (χ0n) is 5.31. The van der Waals surface area contributed by atoms with Crippen molar-refractivity contribution in [1.82, 2.24) is 0 Å². The topological polar surface area (TPSA) is 40.5 Å². The summed E-state index contributed by atoms with van der Waals surface area (Å²) in [5.74, 6) is -1.34. The van der Waals surface area contributed by atoms with Gasteiger partial charge in [-0.05, 0) is 5.41 Å². The second kappa shape index (κ2) is 1.25. The Morgan fingerprint density at radius 2 is 1.50 bits per heavy atom. The van der Waals surface area contributed by atoms with Crippen molar-refractivity contribution < 1.29 is 10.2 Å². The predicted molar refractivity (Wildman–Crippen MR) is 30.2 cm³/mol. The first-order chi connectivity index (χ1) is 3.41. The van der Waals surface area contributed by atoms with Crippen LogP contribution in [0, 0.1) is 5.41 Å². The molecule has 2 heteroatoms. The zero-order valence-corrected chi connectivity index (χ0v) is 5.31. The summed E-state index contributed by atoms with van der Waals surface area (Å²) in [7, 11) is 0. The molecule has 0 spiro atoms. The highest BCUT2D eigenvalue weighted by atomic mass is 16.5. The lowest BCUT2D eigenvalue weighted by Gasteiger charge is -2.45. The summed E-state index contributed by atoms with van der Waals surface area (Å²) >= 11 is 0. The molecule has 2 N–H and O–H groups in total. The van der Waals surface area contributed by atoms with Gasteiger partial charge in [0, 0.05) is 12.8 Å².